The first-order valence-corrected chi connectivity index (χ1v) is 4.66. The Hall–Kier alpha value is -1.02. The summed E-state index contributed by atoms with van der Waals surface area (Å²) in [6.45, 7) is 1.85. The van der Waals surface area contributed by atoms with Crippen molar-refractivity contribution in [1.82, 2.24) is 4.90 Å². The number of hydrogen-bond donors (Lipinski definition) is 0. The third kappa shape index (κ3) is 2.22. The predicted molar refractivity (Wildman–Crippen MR) is 51.7 cm³/mol. The van der Waals surface area contributed by atoms with Gasteiger partial charge < -0.3 is 4.90 Å². The average molecular weight is 196 g/mol. The minimum absolute atomic E-state index is 0.210. The second-order valence-electron chi connectivity index (χ2n) is 3.18. The molecule has 0 saturated carbocycles. The molecule has 0 aromatic heterocycles. The molecular weight excluding hydrogens is 186 g/mol. The van der Waals surface area contributed by atoms with Crippen LogP contribution in [0.5, 0.6) is 0 Å². The summed E-state index contributed by atoms with van der Waals surface area (Å²) >= 11 is 5.73. The van der Waals surface area contributed by atoms with Crippen LogP contribution >= 0.6 is 11.6 Å². The molecule has 0 aliphatic carbocycles. The highest BCUT2D eigenvalue weighted by Crippen LogP contribution is 2.12. The van der Waals surface area contributed by atoms with Gasteiger partial charge in [0.25, 0.3) is 0 Å². The Morgan fingerprint density at radius 1 is 1.31 bits per heavy atom. The molecule has 1 saturated heterocycles. The summed E-state index contributed by atoms with van der Waals surface area (Å²) in [5, 5.41) is 0.711. The van der Waals surface area contributed by atoms with Gasteiger partial charge in [-0.15, -0.1) is 0 Å². The molecule has 0 unspecified atom stereocenters. The minimum atomic E-state index is 0.210. The SMILES string of the molecule is O=C(Cc1ccc(Cl)cc1)N1CC1. The third-order valence-electron chi connectivity index (χ3n) is 2.07. The number of carbonyl (C=O) groups excluding carboxylic acids is 1. The maximum absolute atomic E-state index is 11.4. The van der Waals surface area contributed by atoms with Crippen molar-refractivity contribution in [3.05, 3.63) is 34.9 Å². The number of rotatable bonds is 2. The molecule has 0 spiro atoms. The molecule has 0 bridgehead atoms. The van der Waals surface area contributed by atoms with Crippen LogP contribution < -0.4 is 0 Å². The maximum atomic E-state index is 11.4. The van der Waals surface area contributed by atoms with E-state index in [2.05, 4.69) is 0 Å². The zero-order chi connectivity index (χ0) is 9.26. The van der Waals surface area contributed by atoms with Gasteiger partial charge in [-0.05, 0) is 17.7 Å². The average Bonchev–Trinajstić information content (AvgIpc) is 2.91. The Bertz CT molecular complexity index is 316. The van der Waals surface area contributed by atoms with Gasteiger partial charge in [-0.2, -0.15) is 0 Å². The smallest absolute Gasteiger partial charge is 0.227 e. The van der Waals surface area contributed by atoms with Crippen LogP contribution in [0.15, 0.2) is 24.3 Å². The molecule has 1 fully saturated rings. The van der Waals surface area contributed by atoms with Crippen LogP contribution in [0.1, 0.15) is 5.56 Å². The zero-order valence-corrected chi connectivity index (χ0v) is 7.92. The van der Waals surface area contributed by atoms with Crippen LogP contribution in [0.4, 0.5) is 0 Å². The van der Waals surface area contributed by atoms with Crippen LogP contribution in [0.25, 0.3) is 0 Å². The molecule has 13 heavy (non-hydrogen) atoms. The first kappa shape index (κ1) is 8.57. The number of amides is 1. The number of hydrogen-bond acceptors (Lipinski definition) is 1. The summed E-state index contributed by atoms with van der Waals surface area (Å²) in [5.41, 5.74) is 1.03. The lowest BCUT2D eigenvalue weighted by Crippen LogP contribution is -2.12. The van der Waals surface area contributed by atoms with Crippen molar-refractivity contribution in [1.29, 1.82) is 0 Å². The van der Waals surface area contributed by atoms with Gasteiger partial charge in [-0.3, -0.25) is 4.79 Å². The van der Waals surface area contributed by atoms with E-state index >= 15 is 0 Å². The lowest BCUT2D eigenvalue weighted by atomic mass is 10.1. The zero-order valence-electron chi connectivity index (χ0n) is 7.16. The van der Waals surface area contributed by atoms with E-state index in [1.807, 2.05) is 29.2 Å². The Morgan fingerprint density at radius 2 is 1.92 bits per heavy atom. The van der Waals surface area contributed by atoms with E-state index in [-0.39, 0.29) is 5.91 Å². The Morgan fingerprint density at radius 3 is 2.46 bits per heavy atom. The van der Waals surface area contributed by atoms with Gasteiger partial charge in [0.05, 0.1) is 6.42 Å². The van der Waals surface area contributed by atoms with Crippen molar-refractivity contribution in [3.8, 4) is 0 Å². The molecule has 1 aromatic rings. The molecule has 1 aliphatic heterocycles. The second kappa shape index (κ2) is 3.38. The predicted octanol–water partition coefficient (Wildman–Crippen LogP) is 1.72. The summed E-state index contributed by atoms with van der Waals surface area (Å²) in [4.78, 5) is 13.2. The molecule has 1 aromatic carbocycles. The fourth-order valence-corrected chi connectivity index (χ4v) is 1.31. The lowest BCUT2D eigenvalue weighted by Gasteiger charge is -2.01. The van der Waals surface area contributed by atoms with Crippen LogP contribution in [-0.4, -0.2) is 23.9 Å². The van der Waals surface area contributed by atoms with Crippen molar-refractivity contribution in [2.24, 2.45) is 0 Å². The molecule has 1 aliphatic rings. The summed E-state index contributed by atoms with van der Waals surface area (Å²) < 4.78 is 0. The lowest BCUT2D eigenvalue weighted by molar-refractivity contribution is -0.125. The molecule has 1 heterocycles. The molecule has 68 valence electrons. The number of halogens is 1. The molecule has 0 N–H and O–H groups in total. The van der Waals surface area contributed by atoms with Crippen LogP contribution in [-0.2, 0) is 11.2 Å². The molecule has 2 nitrogen and oxygen atoms in total. The summed E-state index contributed by atoms with van der Waals surface area (Å²) in [5.74, 6) is 0.210. The molecule has 2 rings (SSSR count). The van der Waals surface area contributed by atoms with E-state index in [4.69, 9.17) is 11.6 Å². The number of benzene rings is 1. The van der Waals surface area contributed by atoms with Crippen molar-refractivity contribution in [2.75, 3.05) is 13.1 Å². The highest BCUT2D eigenvalue weighted by atomic mass is 35.5. The van der Waals surface area contributed by atoms with Crippen LogP contribution in [0.2, 0.25) is 5.02 Å². The standard InChI is InChI=1S/C10H10ClNO/c11-9-3-1-8(2-4-9)7-10(13)12-5-6-12/h1-4H,5-7H2. The molecule has 3 heteroatoms. The first-order valence-electron chi connectivity index (χ1n) is 4.28. The van der Waals surface area contributed by atoms with E-state index < -0.39 is 0 Å². The summed E-state index contributed by atoms with van der Waals surface area (Å²) in [7, 11) is 0. The van der Waals surface area contributed by atoms with Crippen LogP contribution in [0.3, 0.4) is 0 Å². The normalized spacial score (nSPS) is 14.4. The molecule has 0 atom stereocenters. The van der Waals surface area contributed by atoms with Gasteiger partial charge in [0.2, 0.25) is 5.91 Å². The monoisotopic (exact) mass is 195 g/mol. The highest BCUT2D eigenvalue weighted by Gasteiger charge is 2.23. The summed E-state index contributed by atoms with van der Waals surface area (Å²) in [6, 6.07) is 7.41. The molecule has 0 radical (unpaired) electrons. The Labute approximate surface area is 82.1 Å². The van der Waals surface area contributed by atoms with Gasteiger partial charge in [0, 0.05) is 18.1 Å². The van der Waals surface area contributed by atoms with Crippen molar-refractivity contribution in [2.45, 2.75) is 6.42 Å². The number of nitrogens with zero attached hydrogens (tertiary/aromatic N) is 1. The third-order valence-corrected chi connectivity index (χ3v) is 2.32. The molecule has 1 amide bonds. The van der Waals surface area contributed by atoms with E-state index in [1.54, 1.807) is 0 Å². The van der Waals surface area contributed by atoms with Gasteiger partial charge in [0.1, 0.15) is 0 Å². The Kier molecular flexibility index (Phi) is 2.23. The van der Waals surface area contributed by atoms with Crippen molar-refractivity contribution in [3.63, 3.8) is 0 Å². The minimum Gasteiger partial charge on any atom is -0.339 e. The first-order chi connectivity index (χ1) is 6.25. The quantitative estimate of drug-likeness (QED) is 0.658. The van der Waals surface area contributed by atoms with Crippen molar-refractivity contribution >= 4 is 17.5 Å². The molecular formula is C10H10ClNO. The van der Waals surface area contributed by atoms with E-state index in [0.717, 1.165) is 18.7 Å². The second-order valence-corrected chi connectivity index (χ2v) is 3.62. The largest absolute Gasteiger partial charge is 0.339 e. The van der Waals surface area contributed by atoms with Crippen molar-refractivity contribution < 1.29 is 4.79 Å². The van der Waals surface area contributed by atoms with E-state index in [1.165, 1.54) is 0 Å². The van der Waals surface area contributed by atoms with Crippen LogP contribution in [0, 0.1) is 0 Å². The maximum Gasteiger partial charge on any atom is 0.227 e. The van der Waals surface area contributed by atoms with Gasteiger partial charge >= 0.3 is 0 Å². The summed E-state index contributed by atoms with van der Waals surface area (Å²) in [6.07, 6.45) is 0.497. The fraction of sp³-hybridized carbons (Fsp3) is 0.300. The fourth-order valence-electron chi connectivity index (χ4n) is 1.19. The van der Waals surface area contributed by atoms with Gasteiger partial charge in [-0.1, -0.05) is 23.7 Å². The Balaban J connectivity index is 2.00. The van der Waals surface area contributed by atoms with Gasteiger partial charge in [-0.25, -0.2) is 0 Å². The van der Waals surface area contributed by atoms with Gasteiger partial charge in [0.15, 0.2) is 0 Å². The van der Waals surface area contributed by atoms with E-state index in [0.29, 0.717) is 11.4 Å². The highest BCUT2D eigenvalue weighted by molar-refractivity contribution is 6.30. The topological polar surface area (TPSA) is 20.1 Å². The van der Waals surface area contributed by atoms with E-state index in [9.17, 15) is 4.79 Å². The number of carbonyl (C=O) groups is 1.